The summed E-state index contributed by atoms with van der Waals surface area (Å²) in [5, 5.41) is 0. The minimum atomic E-state index is -0.631. The lowest BCUT2D eigenvalue weighted by Crippen LogP contribution is -2.32. The average molecular weight is 304 g/mol. The predicted octanol–water partition coefficient (Wildman–Crippen LogP) is 2.67. The molecule has 1 aromatic heterocycles. The highest BCUT2D eigenvalue weighted by Crippen LogP contribution is 2.33. The van der Waals surface area contributed by atoms with Gasteiger partial charge in [0, 0.05) is 17.8 Å². The van der Waals surface area contributed by atoms with Gasteiger partial charge < -0.3 is 4.90 Å². The van der Waals surface area contributed by atoms with Gasteiger partial charge in [-0.3, -0.25) is 9.59 Å². The SMILES string of the molecule is Cc1cc(F)cc2c1N(CCc1scnc1C)C(=O)C2=O. The third kappa shape index (κ3) is 2.25. The van der Waals surface area contributed by atoms with Gasteiger partial charge in [0.25, 0.3) is 11.7 Å². The molecular weight excluding hydrogens is 291 g/mol. The topological polar surface area (TPSA) is 50.3 Å². The molecule has 1 amide bonds. The van der Waals surface area contributed by atoms with Gasteiger partial charge in [0.15, 0.2) is 0 Å². The summed E-state index contributed by atoms with van der Waals surface area (Å²) in [6.07, 6.45) is 0.631. The number of aromatic nitrogens is 1. The summed E-state index contributed by atoms with van der Waals surface area (Å²) in [6.45, 7) is 4.02. The molecule has 0 bridgehead atoms. The number of hydrogen-bond donors (Lipinski definition) is 0. The first-order valence-electron chi connectivity index (χ1n) is 6.54. The first kappa shape index (κ1) is 13.9. The van der Waals surface area contributed by atoms with Crippen molar-refractivity contribution in [2.75, 3.05) is 11.4 Å². The standard InChI is InChI=1S/C15H13FN2O2S/c1-8-5-10(16)6-11-13(8)18(15(20)14(11)19)4-3-12-9(2)17-7-21-12/h5-7H,3-4H2,1-2H3. The Hall–Kier alpha value is -2.08. The maximum Gasteiger partial charge on any atom is 0.299 e. The van der Waals surface area contributed by atoms with E-state index in [4.69, 9.17) is 0 Å². The Balaban J connectivity index is 1.93. The molecule has 3 rings (SSSR count). The summed E-state index contributed by atoms with van der Waals surface area (Å²) < 4.78 is 13.4. The van der Waals surface area contributed by atoms with Crippen LogP contribution >= 0.6 is 11.3 Å². The number of amides is 1. The van der Waals surface area contributed by atoms with Gasteiger partial charge in [0.1, 0.15) is 5.82 Å². The monoisotopic (exact) mass is 304 g/mol. The summed E-state index contributed by atoms with van der Waals surface area (Å²) in [4.78, 5) is 30.8. The van der Waals surface area contributed by atoms with Crippen LogP contribution in [0.4, 0.5) is 10.1 Å². The van der Waals surface area contributed by atoms with Gasteiger partial charge in [-0.1, -0.05) is 0 Å². The highest BCUT2D eigenvalue weighted by molar-refractivity contribution is 7.09. The average Bonchev–Trinajstić information content (AvgIpc) is 2.93. The Morgan fingerprint density at radius 2 is 2.05 bits per heavy atom. The molecule has 2 heterocycles. The van der Waals surface area contributed by atoms with E-state index >= 15 is 0 Å². The zero-order valence-electron chi connectivity index (χ0n) is 11.6. The Bertz CT molecular complexity index is 754. The molecule has 0 N–H and O–H groups in total. The maximum absolute atomic E-state index is 13.4. The number of aryl methyl sites for hydroxylation is 2. The Kier molecular flexibility index (Phi) is 3.33. The van der Waals surface area contributed by atoms with E-state index in [0.29, 0.717) is 24.2 Å². The van der Waals surface area contributed by atoms with Crippen molar-refractivity contribution in [2.45, 2.75) is 20.3 Å². The third-order valence-corrected chi connectivity index (χ3v) is 4.62. The summed E-state index contributed by atoms with van der Waals surface area (Å²) in [5.41, 5.74) is 4.00. The van der Waals surface area contributed by atoms with Crippen LogP contribution in [0.3, 0.4) is 0 Å². The van der Waals surface area contributed by atoms with E-state index in [0.717, 1.165) is 16.6 Å². The van der Waals surface area contributed by atoms with Crippen molar-refractivity contribution in [3.05, 3.63) is 45.2 Å². The maximum atomic E-state index is 13.4. The largest absolute Gasteiger partial charge is 0.304 e. The van der Waals surface area contributed by atoms with E-state index in [9.17, 15) is 14.0 Å². The van der Waals surface area contributed by atoms with Gasteiger partial charge in [-0.15, -0.1) is 11.3 Å². The molecule has 0 atom stereocenters. The molecule has 0 saturated heterocycles. The van der Waals surface area contributed by atoms with E-state index in [1.54, 1.807) is 12.4 Å². The lowest BCUT2D eigenvalue weighted by atomic mass is 10.1. The number of anilines is 1. The van der Waals surface area contributed by atoms with Crippen LogP contribution in [0.1, 0.15) is 26.5 Å². The van der Waals surface area contributed by atoms with Crippen LogP contribution in [0, 0.1) is 19.7 Å². The van der Waals surface area contributed by atoms with Crippen molar-refractivity contribution >= 4 is 28.7 Å². The molecule has 0 radical (unpaired) electrons. The number of Topliss-reactive ketones (excluding diaryl/α,β-unsaturated/α-hetero) is 1. The molecule has 0 saturated carbocycles. The number of hydrogen-bond acceptors (Lipinski definition) is 4. The highest BCUT2D eigenvalue weighted by atomic mass is 32.1. The Morgan fingerprint density at radius 3 is 2.71 bits per heavy atom. The lowest BCUT2D eigenvalue weighted by Gasteiger charge is -2.18. The molecule has 4 nitrogen and oxygen atoms in total. The first-order chi connectivity index (χ1) is 9.99. The Morgan fingerprint density at radius 1 is 1.29 bits per heavy atom. The van der Waals surface area contributed by atoms with E-state index in [1.165, 1.54) is 22.3 Å². The fraction of sp³-hybridized carbons (Fsp3) is 0.267. The minimum Gasteiger partial charge on any atom is -0.304 e. The molecule has 21 heavy (non-hydrogen) atoms. The van der Waals surface area contributed by atoms with Crippen molar-refractivity contribution in [1.82, 2.24) is 4.98 Å². The van der Waals surface area contributed by atoms with E-state index < -0.39 is 17.5 Å². The molecule has 2 aromatic rings. The molecule has 6 heteroatoms. The molecule has 0 aliphatic carbocycles. The summed E-state index contributed by atoms with van der Waals surface area (Å²) in [6, 6.07) is 2.48. The van der Waals surface area contributed by atoms with E-state index in [1.807, 2.05) is 6.92 Å². The molecule has 1 aliphatic rings. The molecule has 0 unspecified atom stereocenters. The molecule has 108 valence electrons. The zero-order chi connectivity index (χ0) is 15.1. The Labute approximate surface area is 125 Å². The van der Waals surface area contributed by atoms with Gasteiger partial charge in [-0.2, -0.15) is 0 Å². The highest BCUT2D eigenvalue weighted by Gasteiger charge is 2.37. The van der Waals surface area contributed by atoms with Crippen LogP contribution < -0.4 is 4.90 Å². The number of carbonyl (C=O) groups is 2. The van der Waals surface area contributed by atoms with Crippen molar-refractivity contribution in [2.24, 2.45) is 0 Å². The van der Waals surface area contributed by atoms with Gasteiger partial charge in [-0.05, 0) is 31.5 Å². The second kappa shape index (κ2) is 5.04. The van der Waals surface area contributed by atoms with E-state index in [2.05, 4.69) is 4.98 Å². The van der Waals surface area contributed by atoms with Crippen molar-refractivity contribution < 1.29 is 14.0 Å². The number of halogens is 1. The number of carbonyl (C=O) groups excluding carboxylic acids is 2. The number of rotatable bonds is 3. The van der Waals surface area contributed by atoms with Gasteiger partial charge in [0.05, 0.1) is 22.5 Å². The summed E-state index contributed by atoms with van der Waals surface area (Å²) >= 11 is 1.53. The van der Waals surface area contributed by atoms with Crippen molar-refractivity contribution in [1.29, 1.82) is 0 Å². The second-order valence-electron chi connectivity index (χ2n) is 5.02. The van der Waals surface area contributed by atoms with E-state index in [-0.39, 0.29) is 5.56 Å². The minimum absolute atomic E-state index is 0.165. The number of fused-ring (bicyclic) bond motifs is 1. The first-order valence-corrected chi connectivity index (χ1v) is 7.42. The third-order valence-electron chi connectivity index (χ3n) is 3.63. The van der Waals surface area contributed by atoms with Crippen molar-refractivity contribution in [3.63, 3.8) is 0 Å². The molecule has 0 fully saturated rings. The zero-order valence-corrected chi connectivity index (χ0v) is 12.5. The van der Waals surface area contributed by atoms with Crippen LogP contribution in [0.5, 0.6) is 0 Å². The molecule has 1 aliphatic heterocycles. The predicted molar refractivity (Wildman–Crippen MR) is 78.4 cm³/mol. The lowest BCUT2D eigenvalue weighted by molar-refractivity contribution is -0.114. The van der Waals surface area contributed by atoms with Crippen LogP contribution in [0.15, 0.2) is 17.6 Å². The van der Waals surface area contributed by atoms with Gasteiger partial charge >= 0.3 is 0 Å². The summed E-state index contributed by atoms with van der Waals surface area (Å²) in [7, 11) is 0. The number of nitrogens with zero attached hydrogens (tertiary/aromatic N) is 2. The van der Waals surface area contributed by atoms with Gasteiger partial charge in [-0.25, -0.2) is 9.37 Å². The van der Waals surface area contributed by atoms with Crippen LogP contribution in [-0.2, 0) is 11.2 Å². The fourth-order valence-electron chi connectivity index (χ4n) is 2.60. The normalized spacial score (nSPS) is 14.0. The second-order valence-corrected chi connectivity index (χ2v) is 5.96. The molecular formula is C15H13FN2O2S. The fourth-order valence-corrected chi connectivity index (χ4v) is 3.37. The number of benzene rings is 1. The smallest absolute Gasteiger partial charge is 0.299 e. The van der Waals surface area contributed by atoms with Gasteiger partial charge in [0.2, 0.25) is 0 Å². The molecule has 0 spiro atoms. The van der Waals surface area contributed by atoms with Crippen LogP contribution in [0.2, 0.25) is 0 Å². The number of ketones is 1. The molecule has 1 aromatic carbocycles. The van der Waals surface area contributed by atoms with Crippen LogP contribution in [-0.4, -0.2) is 23.2 Å². The van der Waals surface area contributed by atoms with Crippen LogP contribution in [0.25, 0.3) is 0 Å². The van der Waals surface area contributed by atoms with Crippen molar-refractivity contribution in [3.8, 4) is 0 Å². The quantitative estimate of drug-likeness (QED) is 0.819. The number of thiazole rings is 1. The summed E-state index contributed by atoms with van der Waals surface area (Å²) in [5.74, 6) is -1.71.